The van der Waals surface area contributed by atoms with E-state index in [1.165, 1.54) is 22.5 Å². The first-order chi connectivity index (χ1) is 16.2. The average molecular weight is 475 g/mol. The van der Waals surface area contributed by atoms with E-state index in [2.05, 4.69) is 34.8 Å². The van der Waals surface area contributed by atoms with E-state index >= 15 is 0 Å². The predicted octanol–water partition coefficient (Wildman–Crippen LogP) is 6.46. The molecule has 0 bridgehead atoms. The summed E-state index contributed by atoms with van der Waals surface area (Å²) in [5.74, 6) is 1.61. The molecule has 166 valence electrons. The molecule has 1 N–H and O–H groups in total. The Morgan fingerprint density at radius 1 is 0.909 bits per heavy atom. The van der Waals surface area contributed by atoms with E-state index in [4.69, 9.17) is 16.3 Å². The van der Waals surface area contributed by atoms with E-state index in [0.717, 1.165) is 22.4 Å². The molecule has 0 saturated carbocycles. The number of hydrogen-bond donors (Lipinski definition) is 1. The topological polar surface area (TPSA) is 50.7 Å². The van der Waals surface area contributed by atoms with Gasteiger partial charge in [0.2, 0.25) is 5.91 Å². The number of thioether (sulfide) groups is 1. The minimum absolute atomic E-state index is 0.154. The largest absolute Gasteiger partial charge is 0.489 e. The summed E-state index contributed by atoms with van der Waals surface area (Å²) in [6, 6.07) is 29.7. The number of benzene rings is 4. The van der Waals surface area contributed by atoms with Crippen LogP contribution in [0.5, 0.6) is 5.75 Å². The zero-order chi connectivity index (χ0) is 22.9. The van der Waals surface area contributed by atoms with Gasteiger partial charge in [-0.3, -0.25) is 4.79 Å². The zero-order valence-corrected chi connectivity index (χ0v) is 19.5. The number of carbonyl (C=O) groups is 1. The molecule has 0 aliphatic heterocycles. The van der Waals surface area contributed by atoms with Crippen LogP contribution in [0.3, 0.4) is 0 Å². The smallest absolute Gasteiger partial charge is 0.250 e. The fourth-order valence-electron chi connectivity index (χ4n) is 3.31. The third-order valence-electron chi connectivity index (χ3n) is 5.01. The molecule has 1 amide bonds. The van der Waals surface area contributed by atoms with Crippen LogP contribution in [0.25, 0.3) is 10.8 Å². The molecule has 0 spiro atoms. The van der Waals surface area contributed by atoms with E-state index in [1.54, 1.807) is 6.21 Å². The van der Waals surface area contributed by atoms with Gasteiger partial charge in [0.25, 0.3) is 0 Å². The Kier molecular flexibility index (Phi) is 8.01. The highest BCUT2D eigenvalue weighted by Crippen LogP contribution is 2.22. The third-order valence-corrected chi connectivity index (χ3v) is 6.36. The number of fused-ring (bicyclic) bond motifs is 1. The molecule has 4 rings (SSSR count). The van der Waals surface area contributed by atoms with Crippen LogP contribution in [0.2, 0.25) is 5.02 Å². The normalized spacial score (nSPS) is 11.1. The lowest BCUT2D eigenvalue weighted by atomic mass is 10.1. The molecule has 0 heterocycles. The van der Waals surface area contributed by atoms with Gasteiger partial charge in [0.1, 0.15) is 12.4 Å². The first-order valence-corrected chi connectivity index (χ1v) is 12.0. The lowest BCUT2D eigenvalue weighted by Gasteiger charge is -2.09. The third kappa shape index (κ3) is 6.60. The molecule has 0 aliphatic rings. The van der Waals surface area contributed by atoms with Gasteiger partial charge < -0.3 is 4.74 Å². The minimum Gasteiger partial charge on any atom is -0.489 e. The van der Waals surface area contributed by atoms with Crippen molar-refractivity contribution in [2.75, 3.05) is 5.75 Å². The van der Waals surface area contributed by atoms with Crippen LogP contribution >= 0.6 is 23.4 Å². The van der Waals surface area contributed by atoms with Crippen molar-refractivity contribution in [3.63, 3.8) is 0 Å². The van der Waals surface area contributed by atoms with Gasteiger partial charge in [-0.25, -0.2) is 5.43 Å². The minimum atomic E-state index is -0.154. The first-order valence-electron chi connectivity index (χ1n) is 10.5. The first kappa shape index (κ1) is 22.9. The van der Waals surface area contributed by atoms with Gasteiger partial charge in [-0.05, 0) is 57.8 Å². The molecule has 33 heavy (non-hydrogen) atoms. The maximum absolute atomic E-state index is 12.0. The summed E-state index contributed by atoms with van der Waals surface area (Å²) in [5.41, 5.74) is 5.59. The molecule has 4 nitrogen and oxygen atoms in total. The van der Waals surface area contributed by atoms with Crippen LogP contribution in [0.15, 0.2) is 96.1 Å². The lowest BCUT2D eigenvalue weighted by Crippen LogP contribution is -2.19. The molecule has 0 unspecified atom stereocenters. The van der Waals surface area contributed by atoms with Crippen molar-refractivity contribution < 1.29 is 9.53 Å². The van der Waals surface area contributed by atoms with Gasteiger partial charge in [0.15, 0.2) is 0 Å². The standard InChI is InChI=1S/C27H23ClN2O2S/c28-26-11-4-2-7-23(26)18-33-19-27(31)30-29-16-20-12-14-24(15-13-20)32-17-22-9-5-8-21-6-1-3-10-25(21)22/h1-16H,17-19H2,(H,30,31)/b29-16-. The fourth-order valence-corrected chi connectivity index (χ4v) is 4.42. The van der Waals surface area contributed by atoms with Crippen molar-refractivity contribution in [1.29, 1.82) is 0 Å². The van der Waals surface area contributed by atoms with E-state index < -0.39 is 0 Å². The molecule has 0 radical (unpaired) electrons. The molecule has 0 aromatic heterocycles. The van der Waals surface area contributed by atoms with Crippen molar-refractivity contribution >= 4 is 46.3 Å². The number of carbonyl (C=O) groups excluding carboxylic acids is 1. The van der Waals surface area contributed by atoms with Gasteiger partial charge in [0, 0.05) is 10.8 Å². The number of hydrogen-bond acceptors (Lipinski definition) is 4. The van der Waals surface area contributed by atoms with Crippen LogP contribution < -0.4 is 10.2 Å². The van der Waals surface area contributed by atoms with E-state index in [1.807, 2.05) is 66.7 Å². The Bertz CT molecular complexity index is 1250. The summed E-state index contributed by atoms with van der Waals surface area (Å²) in [6.45, 7) is 0.497. The summed E-state index contributed by atoms with van der Waals surface area (Å²) in [6.07, 6.45) is 1.62. The van der Waals surface area contributed by atoms with Crippen LogP contribution in [0, 0.1) is 0 Å². The molecule has 0 atom stereocenters. The summed E-state index contributed by atoms with van der Waals surface area (Å²) < 4.78 is 5.96. The number of amides is 1. The quantitative estimate of drug-likeness (QED) is 0.224. The van der Waals surface area contributed by atoms with Crippen LogP contribution in [0.4, 0.5) is 0 Å². The van der Waals surface area contributed by atoms with Gasteiger partial charge in [-0.1, -0.05) is 72.3 Å². The van der Waals surface area contributed by atoms with Crippen molar-refractivity contribution in [2.45, 2.75) is 12.4 Å². The van der Waals surface area contributed by atoms with Crippen LogP contribution in [-0.4, -0.2) is 17.9 Å². The second-order valence-corrected chi connectivity index (χ2v) is 8.77. The number of nitrogens with one attached hydrogen (secondary N) is 1. The van der Waals surface area contributed by atoms with Crippen molar-refractivity contribution in [3.05, 3.63) is 113 Å². The Balaban J connectivity index is 1.22. The van der Waals surface area contributed by atoms with E-state index in [9.17, 15) is 4.79 Å². The van der Waals surface area contributed by atoms with Crippen LogP contribution in [0.1, 0.15) is 16.7 Å². The van der Waals surface area contributed by atoms with Gasteiger partial charge in [-0.15, -0.1) is 11.8 Å². The summed E-state index contributed by atoms with van der Waals surface area (Å²) in [4.78, 5) is 12.0. The highest BCUT2D eigenvalue weighted by atomic mass is 35.5. The monoisotopic (exact) mass is 474 g/mol. The van der Waals surface area contributed by atoms with Crippen molar-refractivity contribution in [2.24, 2.45) is 5.10 Å². The average Bonchev–Trinajstić information content (AvgIpc) is 2.85. The van der Waals surface area contributed by atoms with E-state index in [-0.39, 0.29) is 5.91 Å². The second-order valence-electron chi connectivity index (χ2n) is 7.37. The second kappa shape index (κ2) is 11.5. The Labute approximate surface area is 202 Å². The number of hydrazone groups is 1. The highest BCUT2D eigenvalue weighted by molar-refractivity contribution is 7.99. The number of nitrogens with zero attached hydrogens (tertiary/aromatic N) is 1. The summed E-state index contributed by atoms with van der Waals surface area (Å²) in [7, 11) is 0. The number of ether oxygens (including phenoxy) is 1. The summed E-state index contributed by atoms with van der Waals surface area (Å²) >= 11 is 7.62. The Morgan fingerprint density at radius 2 is 1.64 bits per heavy atom. The van der Waals surface area contributed by atoms with Gasteiger partial charge in [0.05, 0.1) is 12.0 Å². The summed E-state index contributed by atoms with van der Waals surface area (Å²) in [5, 5.41) is 7.15. The van der Waals surface area contributed by atoms with Crippen molar-refractivity contribution in [1.82, 2.24) is 5.43 Å². The predicted molar refractivity (Wildman–Crippen MR) is 138 cm³/mol. The molecule has 0 saturated heterocycles. The lowest BCUT2D eigenvalue weighted by molar-refractivity contribution is -0.118. The molecular weight excluding hydrogens is 452 g/mol. The Hall–Kier alpha value is -3.28. The molecule has 0 fully saturated rings. The number of rotatable bonds is 9. The number of halogens is 1. The highest BCUT2D eigenvalue weighted by Gasteiger charge is 2.04. The molecule has 4 aromatic carbocycles. The van der Waals surface area contributed by atoms with Crippen molar-refractivity contribution in [3.8, 4) is 5.75 Å². The molecule has 0 aliphatic carbocycles. The molecule has 4 aromatic rings. The zero-order valence-electron chi connectivity index (χ0n) is 17.9. The van der Waals surface area contributed by atoms with Gasteiger partial charge >= 0.3 is 0 Å². The molecular formula is C27H23ClN2O2S. The van der Waals surface area contributed by atoms with E-state index in [0.29, 0.717) is 23.1 Å². The fraction of sp³-hybridized carbons (Fsp3) is 0.111. The Morgan fingerprint density at radius 3 is 2.48 bits per heavy atom. The van der Waals surface area contributed by atoms with Gasteiger partial charge in [-0.2, -0.15) is 5.10 Å². The SMILES string of the molecule is O=C(CSCc1ccccc1Cl)N/N=C\c1ccc(OCc2cccc3ccccc23)cc1. The van der Waals surface area contributed by atoms with Crippen LogP contribution in [-0.2, 0) is 17.2 Å². The maximum Gasteiger partial charge on any atom is 0.250 e. The molecule has 6 heteroatoms. The maximum atomic E-state index is 12.0.